The maximum absolute atomic E-state index is 11.6. The van der Waals surface area contributed by atoms with Crippen molar-refractivity contribution in [2.24, 2.45) is 0 Å². The molecule has 1 aliphatic heterocycles. The summed E-state index contributed by atoms with van der Waals surface area (Å²) in [4.78, 5) is 11.6. The third-order valence-electron chi connectivity index (χ3n) is 2.84. The number of anilines is 1. The second-order valence-corrected chi connectivity index (χ2v) is 6.07. The van der Waals surface area contributed by atoms with E-state index in [4.69, 9.17) is 10.00 Å². The van der Waals surface area contributed by atoms with Gasteiger partial charge in [-0.1, -0.05) is 0 Å². The average Bonchev–Trinajstić information content (AvgIpc) is 2.78. The van der Waals surface area contributed by atoms with Crippen molar-refractivity contribution in [2.75, 3.05) is 23.7 Å². The highest BCUT2D eigenvalue weighted by Crippen LogP contribution is 2.30. The summed E-state index contributed by atoms with van der Waals surface area (Å²) in [5, 5.41) is 8.34. The number of hydrogen-bond acceptors (Lipinski definition) is 5. The molecular weight excluding hydrogens is 268 g/mol. The highest BCUT2D eigenvalue weighted by atomic mass is 32.2. The number of sulfonamides is 1. The first-order valence-electron chi connectivity index (χ1n) is 5.58. The molecule has 0 amide bonds. The van der Waals surface area contributed by atoms with Crippen LogP contribution in [0.3, 0.4) is 0 Å². The molecule has 0 fully saturated rings. The van der Waals surface area contributed by atoms with Gasteiger partial charge in [0.2, 0.25) is 10.0 Å². The summed E-state index contributed by atoms with van der Waals surface area (Å²) in [6.07, 6.45) is 1.71. The highest BCUT2D eigenvalue weighted by Gasteiger charge is 2.26. The van der Waals surface area contributed by atoms with E-state index in [-0.39, 0.29) is 6.61 Å². The van der Waals surface area contributed by atoms with E-state index < -0.39 is 16.0 Å². The summed E-state index contributed by atoms with van der Waals surface area (Å²) >= 11 is 0. The largest absolute Gasteiger partial charge is 0.447 e. The van der Waals surface area contributed by atoms with Gasteiger partial charge in [0.15, 0.2) is 6.61 Å². The fraction of sp³-hybridized carbons (Fsp3) is 0.333. The van der Waals surface area contributed by atoms with Crippen LogP contribution in [-0.2, 0) is 21.2 Å². The van der Waals surface area contributed by atoms with Gasteiger partial charge in [0.05, 0.1) is 17.5 Å². The second-order valence-electron chi connectivity index (χ2n) is 4.16. The lowest BCUT2D eigenvalue weighted by Crippen LogP contribution is -2.27. The lowest BCUT2D eigenvalue weighted by atomic mass is 10.1. The van der Waals surface area contributed by atoms with E-state index in [9.17, 15) is 13.2 Å². The van der Waals surface area contributed by atoms with Gasteiger partial charge in [-0.3, -0.25) is 4.31 Å². The zero-order chi connectivity index (χ0) is 14.0. The van der Waals surface area contributed by atoms with Crippen molar-refractivity contribution in [3.63, 3.8) is 0 Å². The molecule has 1 aromatic carbocycles. The van der Waals surface area contributed by atoms with Gasteiger partial charge in [0.25, 0.3) is 0 Å². The predicted molar refractivity (Wildman–Crippen MR) is 68.2 cm³/mol. The number of esters is 1. The number of carbonyl (C=O) groups is 1. The maximum atomic E-state index is 11.6. The molecule has 0 spiro atoms. The van der Waals surface area contributed by atoms with E-state index in [0.29, 0.717) is 24.2 Å². The predicted octanol–water partition coefficient (Wildman–Crippen LogP) is 0.689. The van der Waals surface area contributed by atoms with Crippen molar-refractivity contribution in [1.82, 2.24) is 0 Å². The number of ether oxygens (including phenoxy) is 1. The van der Waals surface area contributed by atoms with Crippen LogP contribution in [0, 0.1) is 11.3 Å². The molecule has 0 N–H and O–H groups in total. The first kappa shape index (κ1) is 13.4. The molecule has 19 heavy (non-hydrogen) atoms. The Hall–Kier alpha value is -2.07. The first-order valence-corrected chi connectivity index (χ1v) is 7.43. The molecule has 0 saturated heterocycles. The van der Waals surface area contributed by atoms with Crippen LogP contribution >= 0.6 is 0 Å². The second kappa shape index (κ2) is 4.90. The SMILES string of the molecule is CS(=O)(=O)N1CCc2cc(C(=O)OCC#N)ccc21. The topological polar surface area (TPSA) is 87.5 Å². The fourth-order valence-corrected chi connectivity index (χ4v) is 2.98. The molecule has 1 heterocycles. The number of hydrogen-bond donors (Lipinski definition) is 0. The number of carbonyl (C=O) groups excluding carboxylic acids is 1. The van der Waals surface area contributed by atoms with Crippen molar-refractivity contribution in [3.05, 3.63) is 29.3 Å². The minimum atomic E-state index is -3.29. The molecule has 1 aliphatic rings. The first-order chi connectivity index (χ1) is 8.93. The Balaban J connectivity index is 2.28. The van der Waals surface area contributed by atoms with Crippen molar-refractivity contribution in [1.29, 1.82) is 5.26 Å². The summed E-state index contributed by atoms with van der Waals surface area (Å²) in [6, 6.07) is 6.42. The zero-order valence-electron chi connectivity index (χ0n) is 10.3. The van der Waals surface area contributed by atoms with Crippen molar-refractivity contribution >= 4 is 21.7 Å². The smallest absolute Gasteiger partial charge is 0.339 e. The van der Waals surface area contributed by atoms with E-state index in [1.165, 1.54) is 10.4 Å². The molecule has 0 bridgehead atoms. The minimum Gasteiger partial charge on any atom is -0.447 e. The van der Waals surface area contributed by atoms with E-state index in [2.05, 4.69) is 0 Å². The standard InChI is InChI=1S/C12H12N2O4S/c1-19(16,17)14-6-4-9-8-10(2-3-11(9)14)12(15)18-7-5-13/h2-3,8H,4,6-7H2,1H3. The molecule has 1 aromatic rings. The monoisotopic (exact) mass is 280 g/mol. The summed E-state index contributed by atoms with van der Waals surface area (Å²) in [6.45, 7) is 0.0796. The summed E-state index contributed by atoms with van der Waals surface area (Å²) in [5.74, 6) is -0.581. The molecule has 0 aromatic heterocycles. The Morgan fingerprint density at radius 2 is 2.26 bits per heavy atom. The Kier molecular flexibility index (Phi) is 3.44. The molecule has 0 atom stereocenters. The maximum Gasteiger partial charge on any atom is 0.339 e. The van der Waals surface area contributed by atoms with Crippen molar-refractivity contribution in [3.8, 4) is 6.07 Å². The Bertz CT molecular complexity index is 661. The van der Waals surface area contributed by atoms with Crippen LogP contribution < -0.4 is 4.31 Å². The van der Waals surface area contributed by atoms with Gasteiger partial charge in [-0.15, -0.1) is 0 Å². The normalized spacial score (nSPS) is 13.8. The van der Waals surface area contributed by atoms with Gasteiger partial charge in [0, 0.05) is 6.54 Å². The number of fused-ring (bicyclic) bond motifs is 1. The van der Waals surface area contributed by atoms with Gasteiger partial charge in [-0.2, -0.15) is 5.26 Å². The van der Waals surface area contributed by atoms with E-state index >= 15 is 0 Å². The Labute approximate surface area is 111 Å². The Morgan fingerprint density at radius 3 is 2.89 bits per heavy atom. The molecular formula is C12H12N2O4S. The molecule has 0 radical (unpaired) electrons. The minimum absolute atomic E-state index is 0.300. The van der Waals surface area contributed by atoms with E-state index in [1.807, 2.05) is 0 Å². The number of rotatable bonds is 3. The fourth-order valence-electron chi connectivity index (χ4n) is 2.02. The van der Waals surface area contributed by atoms with Gasteiger partial charge >= 0.3 is 5.97 Å². The Morgan fingerprint density at radius 1 is 1.53 bits per heavy atom. The molecule has 7 heteroatoms. The van der Waals surface area contributed by atoms with E-state index in [0.717, 1.165) is 11.8 Å². The third-order valence-corrected chi connectivity index (χ3v) is 4.02. The van der Waals surface area contributed by atoms with Crippen LogP contribution in [-0.4, -0.2) is 33.8 Å². The lowest BCUT2D eigenvalue weighted by Gasteiger charge is -2.16. The van der Waals surface area contributed by atoms with Crippen LogP contribution in [0.5, 0.6) is 0 Å². The van der Waals surface area contributed by atoms with Gasteiger partial charge in [-0.05, 0) is 30.2 Å². The van der Waals surface area contributed by atoms with Gasteiger partial charge < -0.3 is 4.74 Å². The molecule has 0 saturated carbocycles. The van der Waals surface area contributed by atoms with Crippen molar-refractivity contribution < 1.29 is 17.9 Å². The summed E-state index contributed by atoms with van der Waals surface area (Å²) in [5.41, 5.74) is 1.71. The van der Waals surface area contributed by atoms with Crippen LogP contribution in [0.1, 0.15) is 15.9 Å². The molecule has 0 aliphatic carbocycles. The zero-order valence-corrected chi connectivity index (χ0v) is 11.1. The number of benzene rings is 1. The van der Waals surface area contributed by atoms with Crippen LogP contribution in [0.15, 0.2) is 18.2 Å². The van der Waals surface area contributed by atoms with Gasteiger partial charge in [-0.25, -0.2) is 13.2 Å². The summed E-state index contributed by atoms with van der Waals surface area (Å²) < 4.78 is 29.1. The highest BCUT2D eigenvalue weighted by molar-refractivity contribution is 7.92. The van der Waals surface area contributed by atoms with Crippen LogP contribution in [0.25, 0.3) is 0 Å². The number of nitrogens with zero attached hydrogens (tertiary/aromatic N) is 2. The molecule has 100 valence electrons. The molecule has 0 unspecified atom stereocenters. The van der Waals surface area contributed by atoms with Crippen LogP contribution in [0.2, 0.25) is 0 Å². The van der Waals surface area contributed by atoms with Crippen LogP contribution in [0.4, 0.5) is 5.69 Å². The van der Waals surface area contributed by atoms with E-state index in [1.54, 1.807) is 18.2 Å². The van der Waals surface area contributed by atoms with Crippen molar-refractivity contribution in [2.45, 2.75) is 6.42 Å². The average molecular weight is 280 g/mol. The summed E-state index contributed by atoms with van der Waals surface area (Å²) in [7, 11) is -3.29. The third kappa shape index (κ3) is 2.69. The van der Waals surface area contributed by atoms with Gasteiger partial charge in [0.1, 0.15) is 6.07 Å². The molecule has 2 rings (SSSR count). The molecule has 6 nitrogen and oxygen atoms in total. The quantitative estimate of drug-likeness (QED) is 0.760. The lowest BCUT2D eigenvalue weighted by molar-refractivity contribution is 0.0555. The number of nitriles is 1.